The van der Waals surface area contributed by atoms with Crippen molar-refractivity contribution in [3.63, 3.8) is 0 Å². The second-order valence-electron chi connectivity index (χ2n) is 4.00. The number of hydrogen-bond acceptors (Lipinski definition) is 4. The van der Waals surface area contributed by atoms with Gasteiger partial charge in [0.2, 0.25) is 10.0 Å². The van der Waals surface area contributed by atoms with Gasteiger partial charge >= 0.3 is 0 Å². The number of nitrogen functional groups attached to an aromatic ring is 1. The molecule has 0 amide bonds. The third-order valence-electron chi connectivity index (χ3n) is 2.80. The molecule has 0 aliphatic rings. The fourth-order valence-electron chi connectivity index (χ4n) is 1.44. The summed E-state index contributed by atoms with van der Waals surface area (Å²) in [5, 5.41) is 8.77. The summed E-state index contributed by atoms with van der Waals surface area (Å²) in [6.07, 6.45) is 0. The molecule has 1 rings (SSSR count). The molecule has 0 aliphatic carbocycles. The van der Waals surface area contributed by atoms with Crippen LogP contribution in [0.1, 0.15) is 11.1 Å². The van der Waals surface area contributed by atoms with Crippen molar-refractivity contribution in [1.29, 1.82) is 0 Å². The third kappa shape index (κ3) is 2.77. The van der Waals surface area contributed by atoms with Crippen molar-refractivity contribution in [2.24, 2.45) is 0 Å². The summed E-state index contributed by atoms with van der Waals surface area (Å²) in [7, 11) is -2.14. The van der Waals surface area contributed by atoms with Gasteiger partial charge in [-0.3, -0.25) is 0 Å². The highest BCUT2D eigenvalue weighted by Crippen LogP contribution is 2.23. The van der Waals surface area contributed by atoms with Crippen LogP contribution in [0.5, 0.6) is 0 Å². The van der Waals surface area contributed by atoms with Crippen LogP contribution in [0.15, 0.2) is 17.0 Å². The second-order valence-corrected chi connectivity index (χ2v) is 6.05. The SMILES string of the molecule is Cc1cc(S(=O)(=O)N(C)CCO)cc(N)c1C. The predicted molar refractivity (Wildman–Crippen MR) is 67.2 cm³/mol. The highest BCUT2D eigenvalue weighted by atomic mass is 32.2. The maximum absolute atomic E-state index is 12.1. The van der Waals surface area contributed by atoms with E-state index in [9.17, 15) is 8.42 Å². The summed E-state index contributed by atoms with van der Waals surface area (Å²) in [6.45, 7) is 3.51. The summed E-state index contributed by atoms with van der Waals surface area (Å²) in [5.41, 5.74) is 7.94. The van der Waals surface area contributed by atoms with Gasteiger partial charge < -0.3 is 10.8 Å². The molecule has 6 heteroatoms. The molecule has 0 bridgehead atoms. The topological polar surface area (TPSA) is 83.6 Å². The van der Waals surface area contributed by atoms with E-state index in [0.29, 0.717) is 5.69 Å². The third-order valence-corrected chi connectivity index (χ3v) is 4.64. The van der Waals surface area contributed by atoms with E-state index in [2.05, 4.69) is 0 Å². The molecule has 1 aromatic rings. The zero-order valence-corrected chi connectivity index (χ0v) is 11.1. The number of sulfonamides is 1. The van der Waals surface area contributed by atoms with E-state index in [0.717, 1.165) is 15.4 Å². The van der Waals surface area contributed by atoms with Crippen molar-refractivity contribution in [2.75, 3.05) is 25.9 Å². The van der Waals surface area contributed by atoms with Crippen LogP contribution in [0.4, 0.5) is 5.69 Å². The number of nitrogens with zero attached hydrogens (tertiary/aromatic N) is 1. The minimum absolute atomic E-state index is 0.0646. The van der Waals surface area contributed by atoms with E-state index in [-0.39, 0.29) is 18.0 Å². The Balaban J connectivity index is 3.25. The Kier molecular flexibility index (Phi) is 4.13. The lowest BCUT2D eigenvalue weighted by atomic mass is 10.1. The number of aryl methyl sites for hydroxylation is 1. The molecular formula is C11H18N2O3S. The van der Waals surface area contributed by atoms with Crippen molar-refractivity contribution in [1.82, 2.24) is 4.31 Å². The standard InChI is InChI=1S/C11H18N2O3S/c1-8-6-10(7-11(12)9(8)2)17(15,16)13(3)4-5-14/h6-7,14H,4-5,12H2,1-3H3. The molecule has 0 aliphatic heterocycles. The molecule has 5 nitrogen and oxygen atoms in total. The molecule has 0 heterocycles. The lowest BCUT2D eigenvalue weighted by molar-refractivity contribution is 0.266. The fraction of sp³-hybridized carbons (Fsp3) is 0.455. The molecule has 96 valence electrons. The van der Waals surface area contributed by atoms with Crippen LogP contribution in [0.2, 0.25) is 0 Å². The Morgan fingerprint density at radius 2 is 1.94 bits per heavy atom. The Labute approximate surface area is 102 Å². The number of likely N-dealkylation sites (N-methyl/N-ethyl adjacent to an activating group) is 1. The van der Waals surface area contributed by atoms with Crippen molar-refractivity contribution >= 4 is 15.7 Å². The van der Waals surface area contributed by atoms with Crippen molar-refractivity contribution in [3.05, 3.63) is 23.3 Å². The molecule has 1 aromatic carbocycles. The quantitative estimate of drug-likeness (QED) is 0.770. The van der Waals surface area contributed by atoms with E-state index in [1.54, 1.807) is 6.07 Å². The Morgan fingerprint density at radius 3 is 2.41 bits per heavy atom. The molecule has 0 saturated heterocycles. The minimum atomic E-state index is -3.57. The van der Waals surface area contributed by atoms with E-state index in [1.807, 2.05) is 13.8 Å². The van der Waals surface area contributed by atoms with Crippen molar-refractivity contribution < 1.29 is 13.5 Å². The van der Waals surface area contributed by atoms with Crippen LogP contribution in [-0.2, 0) is 10.0 Å². The Hall–Kier alpha value is -1.11. The first-order chi connectivity index (χ1) is 7.80. The van der Waals surface area contributed by atoms with Gasteiger partial charge in [-0.2, -0.15) is 4.31 Å². The molecule has 0 unspecified atom stereocenters. The van der Waals surface area contributed by atoms with Crippen molar-refractivity contribution in [2.45, 2.75) is 18.7 Å². The van der Waals surface area contributed by atoms with Gasteiger partial charge in [0.15, 0.2) is 0 Å². The van der Waals surface area contributed by atoms with Gasteiger partial charge in [0, 0.05) is 19.3 Å². The van der Waals surface area contributed by atoms with Gasteiger partial charge in [0.05, 0.1) is 11.5 Å². The fourth-order valence-corrected chi connectivity index (χ4v) is 2.73. The summed E-state index contributed by atoms with van der Waals surface area (Å²) in [5.74, 6) is 0. The molecule has 0 atom stereocenters. The van der Waals surface area contributed by atoms with Crippen LogP contribution >= 0.6 is 0 Å². The van der Waals surface area contributed by atoms with Crippen LogP contribution < -0.4 is 5.73 Å². The molecular weight excluding hydrogens is 240 g/mol. The number of aliphatic hydroxyl groups is 1. The first-order valence-electron chi connectivity index (χ1n) is 5.24. The van der Waals surface area contributed by atoms with Gasteiger partial charge in [0.1, 0.15) is 0 Å². The number of nitrogens with two attached hydrogens (primary N) is 1. The highest BCUT2D eigenvalue weighted by Gasteiger charge is 2.21. The number of anilines is 1. The predicted octanol–water partition coefficient (Wildman–Crippen LogP) is 0.498. The van der Waals surface area contributed by atoms with Crippen LogP contribution in [-0.4, -0.2) is 38.0 Å². The molecule has 3 N–H and O–H groups in total. The van der Waals surface area contributed by atoms with E-state index in [1.165, 1.54) is 13.1 Å². The van der Waals surface area contributed by atoms with Gasteiger partial charge in [0.25, 0.3) is 0 Å². The largest absolute Gasteiger partial charge is 0.398 e. The first-order valence-corrected chi connectivity index (χ1v) is 6.68. The monoisotopic (exact) mass is 258 g/mol. The summed E-state index contributed by atoms with van der Waals surface area (Å²) >= 11 is 0. The van der Waals surface area contributed by atoms with E-state index >= 15 is 0 Å². The number of benzene rings is 1. The number of rotatable bonds is 4. The molecule has 0 saturated carbocycles. The van der Waals surface area contributed by atoms with E-state index in [4.69, 9.17) is 10.8 Å². The molecule has 0 radical (unpaired) electrons. The maximum Gasteiger partial charge on any atom is 0.242 e. The Morgan fingerprint density at radius 1 is 1.35 bits per heavy atom. The zero-order valence-electron chi connectivity index (χ0n) is 10.3. The lowest BCUT2D eigenvalue weighted by Gasteiger charge is -2.17. The lowest BCUT2D eigenvalue weighted by Crippen LogP contribution is -2.29. The minimum Gasteiger partial charge on any atom is -0.398 e. The molecule has 0 spiro atoms. The first kappa shape index (κ1) is 14.0. The average Bonchev–Trinajstić information content (AvgIpc) is 2.25. The molecule has 17 heavy (non-hydrogen) atoms. The number of hydrogen-bond donors (Lipinski definition) is 2. The number of aliphatic hydroxyl groups excluding tert-OH is 1. The summed E-state index contributed by atoms with van der Waals surface area (Å²) < 4.78 is 25.3. The normalized spacial score (nSPS) is 12.1. The summed E-state index contributed by atoms with van der Waals surface area (Å²) in [4.78, 5) is 0.161. The molecule has 0 fully saturated rings. The van der Waals surface area contributed by atoms with Gasteiger partial charge in [-0.1, -0.05) is 0 Å². The Bertz CT molecular complexity index is 488. The second kappa shape index (κ2) is 5.03. The van der Waals surface area contributed by atoms with Crippen LogP contribution in [0.25, 0.3) is 0 Å². The summed E-state index contributed by atoms with van der Waals surface area (Å²) in [6, 6.07) is 3.04. The van der Waals surface area contributed by atoms with Crippen LogP contribution in [0, 0.1) is 13.8 Å². The van der Waals surface area contributed by atoms with Gasteiger partial charge in [-0.15, -0.1) is 0 Å². The average molecular weight is 258 g/mol. The molecule has 0 aromatic heterocycles. The van der Waals surface area contributed by atoms with Gasteiger partial charge in [-0.05, 0) is 37.1 Å². The van der Waals surface area contributed by atoms with Gasteiger partial charge in [-0.25, -0.2) is 8.42 Å². The van der Waals surface area contributed by atoms with E-state index < -0.39 is 10.0 Å². The maximum atomic E-state index is 12.1. The van der Waals surface area contributed by atoms with Crippen LogP contribution in [0.3, 0.4) is 0 Å². The zero-order chi connectivity index (χ0) is 13.2. The van der Waals surface area contributed by atoms with Crippen molar-refractivity contribution in [3.8, 4) is 0 Å². The smallest absolute Gasteiger partial charge is 0.242 e. The highest BCUT2D eigenvalue weighted by molar-refractivity contribution is 7.89.